The maximum Gasteiger partial charge on any atom is 0.266 e. The van der Waals surface area contributed by atoms with Crippen LogP contribution in [-0.4, -0.2) is 25.0 Å². The van der Waals surface area contributed by atoms with E-state index in [-0.39, 0.29) is 18.1 Å². The van der Waals surface area contributed by atoms with Crippen LogP contribution in [0.25, 0.3) is 6.08 Å². The van der Waals surface area contributed by atoms with E-state index >= 15 is 0 Å². The third kappa shape index (κ3) is 7.45. The Labute approximate surface area is 218 Å². The van der Waals surface area contributed by atoms with E-state index < -0.39 is 5.91 Å². The number of amides is 2. The highest BCUT2D eigenvalue weighted by Gasteiger charge is 2.13. The predicted molar refractivity (Wildman–Crippen MR) is 144 cm³/mol. The zero-order valence-corrected chi connectivity index (χ0v) is 21.8. The fourth-order valence-corrected chi connectivity index (χ4v) is 3.73. The molecule has 0 atom stereocenters. The Bertz CT molecular complexity index is 1330. The van der Waals surface area contributed by atoms with Gasteiger partial charge in [0.1, 0.15) is 23.1 Å². The molecule has 184 valence electrons. The van der Waals surface area contributed by atoms with Crippen molar-refractivity contribution in [3.63, 3.8) is 0 Å². The van der Waals surface area contributed by atoms with Gasteiger partial charge < -0.3 is 20.1 Å². The minimum Gasteiger partial charge on any atom is -0.494 e. The van der Waals surface area contributed by atoms with Crippen molar-refractivity contribution in [1.82, 2.24) is 0 Å². The fourth-order valence-electron chi connectivity index (χ4n) is 3.35. The summed E-state index contributed by atoms with van der Waals surface area (Å²) in [5.41, 5.74) is 3.65. The molecule has 0 heterocycles. The zero-order valence-electron chi connectivity index (χ0n) is 20.2. The number of hydrogen-bond acceptors (Lipinski definition) is 5. The molecule has 0 saturated carbocycles. The Kier molecular flexibility index (Phi) is 9.25. The molecule has 0 aromatic heterocycles. The van der Waals surface area contributed by atoms with Crippen LogP contribution in [0.3, 0.4) is 0 Å². The van der Waals surface area contributed by atoms with Crippen LogP contribution in [0.4, 0.5) is 11.4 Å². The van der Waals surface area contributed by atoms with Gasteiger partial charge in [-0.3, -0.25) is 9.59 Å². The van der Waals surface area contributed by atoms with E-state index in [4.69, 9.17) is 9.47 Å². The van der Waals surface area contributed by atoms with E-state index in [9.17, 15) is 14.9 Å². The molecule has 3 rings (SSSR count). The minimum atomic E-state index is -0.569. The van der Waals surface area contributed by atoms with Crippen molar-refractivity contribution in [2.45, 2.75) is 20.8 Å². The highest BCUT2D eigenvalue weighted by atomic mass is 79.9. The molecule has 0 aliphatic carbocycles. The average Bonchev–Trinajstić information content (AvgIpc) is 2.85. The van der Waals surface area contributed by atoms with Gasteiger partial charge in [-0.15, -0.1) is 0 Å². The van der Waals surface area contributed by atoms with E-state index in [0.29, 0.717) is 35.0 Å². The maximum absolute atomic E-state index is 12.7. The number of carbonyl (C=O) groups excluding carboxylic acids is 2. The molecule has 2 N–H and O–H groups in total. The quantitative estimate of drug-likeness (QED) is 0.251. The van der Waals surface area contributed by atoms with Crippen molar-refractivity contribution in [3.05, 3.63) is 87.4 Å². The first-order valence-corrected chi connectivity index (χ1v) is 12.0. The SMILES string of the molecule is CCOc1ccc(NC(=O)/C(C#N)=C/c2cc(Br)ccc2OCC(=O)Nc2ccc(C)cc2C)cc1. The molecule has 8 heteroatoms. The third-order valence-corrected chi connectivity index (χ3v) is 5.57. The Hall–Kier alpha value is -4.09. The second-order valence-electron chi connectivity index (χ2n) is 7.92. The van der Waals surface area contributed by atoms with Gasteiger partial charge in [0.25, 0.3) is 11.8 Å². The summed E-state index contributed by atoms with van der Waals surface area (Å²) in [6.45, 7) is 6.09. The molecule has 0 fully saturated rings. The van der Waals surface area contributed by atoms with Gasteiger partial charge >= 0.3 is 0 Å². The molecule has 7 nitrogen and oxygen atoms in total. The Morgan fingerprint density at radius 1 is 1.00 bits per heavy atom. The van der Waals surface area contributed by atoms with Gasteiger partial charge in [-0.05, 0) is 80.9 Å². The van der Waals surface area contributed by atoms with Crippen molar-refractivity contribution >= 4 is 45.2 Å². The molecule has 36 heavy (non-hydrogen) atoms. The molecule has 3 aromatic rings. The first kappa shape index (κ1) is 26.5. The monoisotopic (exact) mass is 547 g/mol. The standard InChI is InChI=1S/C28H26BrN3O4/c1-4-35-24-9-7-23(8-10-24)31-28(34)21(16-30)14-20-15-22(29)6-12-26(20)36-17-27(33)32-25-11-5-18(2)13-19(25)3/h5-15H,4,17H2,1-3H3,(H,31,34)(H,32,33)/b21-14+. The number of halogens is 1. The van der Waals surface area contributed by atoms with Crippen LogP contribution in [0.5, 0.6) is 11.5 Å². The number of rotatable bonds is 9. The fraction of sp³-hybridized carbons (Fsp3) is 0.179. The summed E-state index contributed by atoms with van der Waals surface area (Å²) in [7, 11) is 0. The molecule has 0 radical (unpaired) electrons. The number of carbonyl (C=O) groups is 2. The Morgan fingerprint density at radius 2 is 1.75 bits per heavy atom. The number of anilines is 2. The van der Waals surface area contributed by atoms with Gasteiger partial charge in [0.15, 0.2) is 6.61 Å². The van der Waals surface area contributed by atoms with Crippen LogP contribution in [0.2, 0.25) is 0 Å². The summed E-state index contributed by atoms with van der Waals surface area (Å²) in [6.07, 6.45) is 1.42. The van der Waals surface area contributed by atoms with Gasteiger partial charge in [-0.1, -0.05) is 33.6 Å². The molecule has 0 bridgehead atoms. The lowest BCUT2D eigenvalue weighted by molar-refractivity contribution is -0.118. The van der Waals surface area contributed by atoms with Gasteiger partial charge in [-0.25, -0.2) is 0 Å². The molecule has 2 amide bonds. The number of aryl methyl sites for hydroxylation is 2. The first-order chi connectivity index (χ1) is 17.3. The topological polar surface area (TPSA) is 100 Å². The molecular formula is C28H26BrN3O4. The maximum atomic E-state index is 12.7. The normalized spacial score (nSPS) is 10.8. The van der Waals surface area contributed by atoms with E-state index in [2.05, 4.69) is 26.6 Å². The van der Waals surface area contributed by atoms with Crippen LogP contribution < -0.4 is 20.1 Å². The number of ether oxygens (including phenoxy) is 2. The minimum absolute atomic E-state index is 0.119. The van der Waals surface area contributed by atoms with Crippen LogP contribution >= 0.6 is 15.9 Å². The molecular weight excluding hydrogens is 522 g/mol. The lowest BCUT2D eigenvalue weighted by Crippen LogP contribution is -2.21. The summed E-state index contributed by atoms with van der Waals surface area (Å²) in [5.74, 6) is 0.147. The van der Waals surface area contributed by atoms with Crippen molar-refractivity contribution in [2.75, 3.05) is 23.8 Å². The highest BCUT2D eigenvalue weighted by Crippen LogP contribution is 2.26. The summed E-state index contributed by atoms with van der Waals surface area (Å²) < 4.78 is 11.9. The van der Waals surface area contributed by atoms with E-state index in [1.165, 1.54) is 6.08 Å². The van der Waals surface area contributed by atoms with Gasteiger partial charge in [-0.2, -0.15) is 5.26 Å². The lowest BCUT2D eigenvalue weighted by atomic mass is 10.1. The Balaban J connectivity index is 1.72. The summed E-state index contributed by atoms with van der Waals surface area (Å²) in [4.78, 5) is 25.2. The highest BCUT2D eigenvalue weighted by molar-refractivity contribution is 9.10. The van der Waals surface area contributed by atoms with E-state index in [1.54, 1.807) is 42.5 Å². The molecule has 0 saturated heterocycles. The number of hydrogen-bond donors (Lipinski definition) is 2. The summed E-state index contributed by atoms with van der Waals surface area (Å²) in [5, 5.41) is 15.2. The number of benzene rings is 3. The molecule has 0 aliphatic heterocycles. The van der Waals surface area contributed by atoms with E-state index in [1.807, 2.05) is 45.0 Å². The molecule has 3 aromatic carbocycles. The van der Waals surface area contributed by atoms with Crippen molar-refractivity contribution in [1.29, 1.82) is 5.26 Å². The lowest BCUT2D eigenvalue weighted by Gasteiger charge is -2.12. The van der Waals surface area contributed by atoms with Gasteiger partial charge in [0, 0.05) is 21.4 Å². The predicted octanol–water partition coefficient (Wildman–Crippen LogP) is 6.03. The Morgan fingerprint density at radius 3 is 2.42 bits per heavy atom. The van der Waals surface area contributed by atoms with Crippen molar-refractivity contribution in [3.8, 4) is 17.6 Å². The van der Waals surface area contributed by atoms with Crippen molar-refractivity contribution in [2.24, 2.45) is 0 Å². The summed E-state index contributed by atoms with van der Waals surface area (Å²) >= 11 is 3.40. The van der Waals surface area contributed by atoms with Crippen molar-refractivity contribution < 1.29 is 19.1 Å². The third-order valence-electron chi connectivity index (χ3n) is 5.07. The molecule has 0 unspecified atom stereocenters. The van der Waals surface area contributed by atoms with Crippen LogP contribution in [0, 0.1) is 25.2 Å². The molecule has 0 spiro atoms. The number of nitrogens with zero attached hydrogens (tertiary/aromatic N) is 1. The van der Waals surface area contributed by atoms with Crippen LogP contribution in [-0.2, 0) is 9.59 Å². The zero-order chi connectivity index (χ0) is 26.1. The van der Waals surface area contributed by atoms with Crippen LogP contribution in [0.1, 0.15) is 23.6 Å². The largest absolute Gasteiger partial charge is 0.494 e. The van der Waals surface area contributed by atoms with Gasteiger partial charge in [0.2, 0.25) is 0 Å². The van der Waals surface area contributed by atoms with E-state index in [0.717, 1.165) is 15.6 Å². The smallest absolute Gasteiger partial charge is 0.266 e. The van der Waals surface area contributed by atoms with Gasteiger partial charge in [0.05, 0.1) is 6.61 Å². The second kappa shape index (κ2) is 12.6. The second-order valence-corrected chi connectivity index (χ2v) is 8.83. The molecule has 0 aliphatic rings. The first-order valence-electron chi connectivity index (χ1n) is 11.2. The average molecular weight is 548 g/mol. The number of nitriles is 1. The summed E-state index contributed by atoms with van der Waals surface area (Å²) in [6, 6.07) is 19.7. The van der Waals surface area contributed by atoms with Crippen LogP contribution in [0.15, 0.2) is 70.7 Å². The number of nitrogens with one attached hydrogen (secondary N) is 2.